The Hall–Kier alpha value is -1.91. The van der Waals surface area contributed by atoms with Gasteiger partial charge in [0.25, 0.3) is 5.56 Å². The lowest BCUT2D eigenvalue weighted by molar-refractivity contribution is -0.140. The van der Waals surface area contributed by atoms with Crippen molar-refractivity contribution in [3.63, 3.8) is 0 Å². The van der Waals surface area contributed by atoms with Gasteiger partial charge in [0.05, 0.1) is 37.0 Å². The average Bonchev–Trinajstić information content (AvgIpc) is 3.13. The summed E-state index contributed by atoms with van der Waals surface area (Å²) in [5.41, 5.74) is -1.84. The first-order valence-electron chi connectivity index (χ1n) is 10.5. The van der Waals surface area contributed by atoms with Gasteiger partial charge in [-0.25, -0.2) is 9.79 Å². The average molecular weight is 775 g/mol. The van der Waals surface area contributed by atoms with Crippen molar-refractivity contribution in [2.75, 3.05) is 13.7 Å². The number of allylic oxidation sites excluding steroid dienone is 1. The van der Waals surface area contributed by atoms with E-state index < -0.39 is 35.0 Å². The molecule has 0 saturated heterocycles. The van der Waals surface area contributed by atoms with Crippen LogP contribution in [-0.2, 0) is 9.53 Å². The molecule has 0 aliphatic carbocycles. The van der Waals surface area contributed by atoms with Crippen LogP contribution >= 0.6 is 68.1 Å². The first-order valence-corrected chi connectivity index (χ1v) is 13.9. The maximum Gasteiger partial charge on any atom is 0.434 e. The fourth-order valence-corrected chi connectivity index (χ4v) is 7.19. The van der Waals surface area contributed by atoms with Gasteiger partial charge in [0.15, 0.2) is 10.5 Å². The second-order valence-electron chi connectivity index (χ2n) is 7.63. The molecule has 194 valence electrons. The number of fused-ring (bicyclic) bond motifs is 1. The molecule has 0 amide bonds. The van der Waals surface area contributed by atoms with Crippen molar-refractivity contribution in [3.05, 3.63) is 90.6 Å². The largest absolute Gasteiger partial charge is 0.495 e. The van der Waals surface area contributed by atoms with Gasteiger partial charge in [-0.05, 0) is 93.6 Å². The lowest BCUT2D eigenvalue weighted by Gasteiger charge is -2.26. The number of nitrogens with zero attached hydrogens (tertiary/aromatic N) is 2. The molecule has 4 rings (SSSR count). The molecular formula is C24H16ClF3I2N2O4S. The molecule has 6 nitrogen and oxygen atoms in total. The van der Waals surface area contributed by atoms with Gasteiger partial charge in [-0.3, -0.25) is 9.36 Å². The molecule has 2 aromatic carbocycles. The van der Waals surface area contributed by atoms with Crippen LogP contribution < -0.4 is 19.6 Å². The predicted molar refractivity (Wildman–Crippen MR) is 151 cm³/mol. The molecule has 1 aromatic heterocycles. The van der Waals surface area contributed by atoms with Crippen LogP contribution in [0.15, 0.2) is 57.5 Å². The van der Waals surface area contributed by atoms with Crippen molar-refractivity contribution in [1.29, 1.82) is 0 Å². The number of alkyl halides is 3. The molecule has 0 saturated carbocycles. The number of benzene rings is 2. The second-order valence-corrected chi connectivity index (χ2v) is 11.4. The third kappa shape index (κ3) is 5.61. The number of carbonyl (C=O) groups is 1. The number of ether oxygens (including phenoxy) is 2. The van der Waals surface area contributed by atoms with Crippen LogP contribution in [0.1, 0.15) is 24.1 Å². The maximum absolute atomic E-state index is 14.2. The Bertz CT molecular complexity index is 1570. The van der Waals surface area contributed by atoms with Crippen molar-refractivity contribution in [3.8, 4) is 5.75 Å². The van der Waals surface area contributed by atoms with Crippen LogP contribution in [0, 0.1) is 7.14 Å². The van der Waals surface area contributed by atoms with Gasteiger partial charge in [0.2, 0.25) is 0 Å². The zero-order valence-electron chi connectivity index (χ0n) is 19.0. The molecule has 3 aromatic rings. The molecule has 0 bridgehead atoms. The van der Waals surface area contributed by atoms with Crippen molar-refractivity contribution in [1.82, 2.24) is 4.57 Å². The summed E-state index contributed by atoms with van der Waals surface area (Å²) in [6, 6.07) is 8.06. The van der Waals surface area contributed by atoms with E-state index in [0.29, 0.717) is 16.3 Å². The molecule has 1 aliphatic rings. The minimum Gasteiger partial charge on any atom is -0.495 e. The Kier molecular flexibility index (Phi) is 8.40. The van der Waals surface area contributed by atoms with Gasteiger partial charge in [-0.15, -0.1) is 0 Å². The Morgan fingerprint density at radius 2 is 1.84 bits per heavy atom. The molecule has 13 heteroatoms. The fourth-order valence-electron chi connectivity index (χ4n) is 3.81. The van der Waals surface area contributed by atoms with E-state index in [4.69, 9.17) is 21.1 Å². The summed E-state index contributed by atoms with van der Waals surface area (Å²) >= 11 is 11.0. The fraction of sp³-hybridized carbons (Fsp3) is 0.208. The number of aromatic nitrogens is 1. The summed E-state index contributed by atoms with van der Waals surface area (Å²) in [6.45, 7) is 1.33. The number of rotatable bonds is 5. The van der Waals surface area contributed by atoms with Gasteiger partial charge < -0.3 is 9.47 Å². The number of carbonyl (C=O) groups excluding carboxylic acids is 1. The van der Waals surface area contributed by atoms with Crippen LogP contribution in [-0.4, -0.2) is 30.4 Å². The number of esters is 1. The van der Waals surface area contributed by atoms with E-state index in [1.165, 1.54) is 31.2 Å². The zero-order valence-corrected chi connectivity index (χ0v) is 24.9. The maximum atomic E-state index is 14.2. The molecule has 2 heterocycles. The highest BCUT2D eigenvalue weighted by Crippen LogP contribution is 2.38. The summed E-state index contributed by atoms with van der Waals surface area (Å²) in [7, 11) is 1.55. The van der Waals surface area contributed by atoms with Gasteiger partial charge in [-0.2, -0.15) is 13.2 Å². The highest BCUT2D eigenvalue weighted by Gasteiger charge is 2.45. The lowest BCUT2D eigenvalue weighted by atomic mass is 9.95. The van der Waals surface area contributed by atoms with Crippen molar-refractivity contribution in [2.24, 2.45) is 4.99 Å². The number of hydrogen-bond donors (Lipinski definition) is 0. The monoisotopic (exact) mass is 774 g/mol. The van der Waals surface area contributed by atoms with Gasteiger partial charge in [0.1, 0.15) is 5.75 Å². The standard InChI is InChI=1S/C24H16ClF3I2N2O4S/c1-3-36-22(34)17-18(12-4-6-13(25)7-5-12)32-21(33)16(37-23(32)31-20(17)24(26,27)28)10-11-8-14(29)19(35-2)15(30)9-11/h4-10,18H,3H2,1-2H3/b16-10-/t18-/m0/s1. The number of thiazole rings is 1. The number of methoxy groups -OCH3 is 1. The molecule has 1 atom stereocenters. The second kappa shape index (κ2) is 11.1. The smallest absolute Gasteiger partial charge is 0.434 e. The van der Waals surface area contributed by atoms with Gasteiger partial charge in [-0.1, -0.05) is 35.1 Å². The van der Waals surface area contributed by atoms with E-state index >= 15 is 0 Å². The van der Waals surface area contributed by atoms with Crippen LogP contribution in [0.4, 0.5) is 13.2 Å². The van der Waals surface area contributed by atoms with Crippen molar-refractivity contribution in [2.45, 2.75) is 19.1 Å². The summed E-state index contributed by atoms with van der Waals surface area (Å²) < 4.78 is 55.7. The third-order valence-corrected chi connectivity index (χ3v) is 8.14. The quantitative estimate of drug-likeness (QED) is 0.264. The van der Waals surface area contributed by atoms with Crippen LogP contribution in [0.2, 0.25) is 5.02 Å². The third-order valence-electron chi connectivity index (χ3n) is 5.30. The number of halogens is 6. The summed E-state index contributed by atoms with van der Waals surface area (Å²) in [5.74, 6) is -0.525. The zero-order chi connectivity index (χ0) is 27.1. The van der Waals surface area contributed by atoms with Gasteiger partial charge >= 0.3 is 12.1 Å². The predicted octanol–water partition coefficient (Wildman–Crippen LogP) is 5.21. The van der Waals surface area contributed by atoms with Gasteiger partial charge in [0, 0.05) is 5.02 Å². The minimum atomic E-state index is -4.97. The van der Waals surface area contributed by atoms with Crippen LogP contribution in [0.25, 0.3) is 6.08 Å². The normalized spacial score (nSPS) is 15.9. The molecule has 37 heavy (non-hydrogen) atoms. The minimum absolute atomic E-state index is 0.153. The van der Waals surface area contributed by atoms with E-state index in [1.807, 2.05) is 0 Å². The summed E-state index contributed by atoms with van der Waals surface area (Å²) in [6.07, 6.45) is -3.39. The van der Waals surface area contributed by atoms with E-state index in [1.54, 1.807) is 25.3 Å². The topological polar surface area (TPSA) is 69.9 Å². The number of hydrogen-bond acceptors (Lipinski definition) is 6. The Balaban J connectivity index is 2.03. The Labute approximate surface area is 244 Å². The first kappa shape index (κ1) is 28.1. The van der Waals surface area contributed by atoms with E-state index in [9.17, 15) is 22.8 Å². The van der Waals surface area contributed by atoms with E-state index in [0.717, 1.165) is 23.0 Å². The molecule has 0 radical (unpaired) electrons. The summed E-state index contributed by atoms with van der Waals surface area (Å²) in [5, 5.41) is 0.345. The Morgan fingerprint density at radius 1 is 1.22 bits per heavy atom. The van der Waals surface area contributed by atoms with E-state index in [2.05, 4.69) is 50.2 Å². The lowest BCUT2D eigenvalue weighted by Crippen LogP contribution is -2.41. The van der Waals surface area contributed by atoms with Crippen LogP contribution in [0.3, 0.4) is 0 Å². The van der Waals surface area contributed by atoms with Crippen molar-refractivity contribution >= 4 is 80.2 Å². The molecule has 0 fully saturated rings. The highest BCUT2D eigenvalue weighted by atomic mass is 127. The molecule has 1 aliphatic heterocycles. The summed E-state index contributed by atoms with van der Waals surface area (Å²) in [4.78, 5) is 30.0. The first-order chi connectivity index (χ1) is 17.5. The molecular weight excluding hydrogens is 759 g/mol. The molecule has 0 N–H and O–H groups in total. The van der Waals surface area contributed by atoms with Crippen LogP contribution in [0.5, 0.6) is 5.75 Å². The highest BCUT2D eigenvalue weighted by molar-refractivity contribution is 14.1. The van der Waals surface area contributed by atoms with Crippen molar-refractivity contribution < 1.29 is 27.4 Å². The van der Waals surface area contributed by atoms with E-state index in [-0.39, 0.29) is 21.5 Å². The molecule has 0 unspecified atom stereocenters. The Morgan fingerprint density at radius 3 is 2.38 bits per heavy atom. The molecule has 0 spiro atoms. The SMILES string of the molecule is CCOC(=O)C1=C(C(F)(F)F)N=c2s/c(=C\c3cc(I)c(OC)c(I)c3)c(=O)n2[C@H]1c1ccc(Cl)cc1.